The van der Waals surface area contributed by atoms with Crippen LogP contribution in [0.3, 0.4) is 0 Å². The number of hydrogen-bond donors (Lipinski definition) is 1. The monoisotopic (exact) mass is 336 g/mol. The summed E-state index contributed by atoms with van der Waals surface area (Å²) in [4.78, 5) is 24.0. The van der Waals surface area contributed by atoms with E-state index >= 15 is 0 Å². The maximum atomic E-state index is 12.0. The summed E-state index contributed by atoms with van der Waals surface area (Å²) in [6.45, 7) is 1.85. The second-order valence-electron chi connectivity index (χ2n) is 4.75. The molecule has 122 valence electrons. The van der Waals surface area contributed by atoms with Gasteiger partial charge in [0.1, 0.15) is 0 Å². The van der Waals surface area contributed by atoms with Crippen molar-refractivity contribution in [2.45, 2.75) is 13.3 Å². The third-order valence-electron chi connectivity index (χ3n) is 3.31. The highest BCUT2D eigenvalue weighted by atomic mass is 35.5. The van der Waals surface area contributed by atoms with Crippen LogP contribution >= 0.6 is 11.6 Å². The smallest absolute Gasteiger partial charge is 0.418 e. The molecular formula is C16H17ClN2O4. The van der Waals surface area contributed by atoms with Crippen LogP contribution in [0.25, 0.3) is 0 Å². The predicted octanol–water partition coefficient (Wildman–Crippen LogP) is 3.11. The molecule has 23 heavy (non-hydrogen) atoms. The van der Waals surface area contributed by atoms with E-state index in [0.29, 0.717) is 17.0 Å². The van der Waals surface area contributed by atoms with Crippen molar-refractivity contribution in [2.24, 2.45) is 0 Å². The molecule has 2 rings (SSSR count). The molecule has 1 aromatic carbocycles. The number of carbonyl (C=O) groups excluding carboxylic acids is 2. The van der Waals surface area contributed by atoms with Crippen LogP contribution in [0.5, 0.6) is 0 Å². The van der Waals surface area contributed by atoms with Crippen molar-refractivity contribution in [1.82, 2.24) is 4.57 Å². The first kappa shape index (κ1) is 16.9. The molecule has 0 saturated carbocycles. The van der Waals surface area contributed by atoms with Gasteiger partial charge in [-0.25, -0.2) is 14.2 Å². The summed E-state index contributed by atoms with van der Waals surface area (Å²) in [5.41, 5.74) is 7.58. The maximum absolute atomic E-state index is 12.0. The third kappa shape index (κ3) is 3.48. The van der Waals surface area contributed by atoms with Crippen LogP contribution in [0.15, 0.2) is 30.5 Å². The zero-order valence-electron chi connectivity index (χ0n) is 12.8. The standard InChI is InChI=1S/C16H17ClN2O4/c1-3-23-16(21)19-9-11(13(18)14(19)15(20)22-2)8-10-6-4-5-7-12(10)17/h4-7,9H,3,8,18H2,1-2H3. The molecule has 7 heteroatoms. The van der Waals surface area contributed by atoms with Gasteiger partial charge in [0.2, 0.25) is 0 Å². The second-order valence-corrected chi connectivity index (χ2v) is 5.15. The van der Waals surface area contributed by atoms with E-state index in [4.69, 9.17) is 26.8 Å². The van der Waals surface area contributed by atoms with E-state index in [9.17, 15) is 9.59 Å². The minimum Gasteiger partial charge on any atom is -0.464 e. The number of anilines is 1. The van der Waals surface area contributed by atoms with Crippen LogP contribution in [-0.2, 0) is 15.9 Å². The number of carbonyl (C=O) groups is 2. The van der Waals surface area contributed by atoms with Gasteiger partial charge in [-0.1, -0.05) is 29.8 Å². The Hall–Kier alpha value is -2.47. The number of methoxy groups -OCH3 is 1. The van der Waals surface area contributed by atoms with Crippen LogP contribution < -0.4 is 5.73 Å². The lowest BCUT2D eigenvalue weighted by Gasteiger charge is -2.06. The molecule has 6 nitrogen and oxygen atoms in total. The molecule has 0 atom stereocenters. The number of nitrogens with zero attached hydrogens (tertiary/aromatic N) is 1. The lowest BCUT2D eigenvalue weighted by molar-refractivity contribution is 0.0587. The predicted molar refractivity (Wildman–Crippen MR) is 86.9 cm³/mol. The van der Waals surface area contributed by atoms with Gasteiger partial charge < -0.3 is 15.2 Å². The van der Waals surface area contributed by atoms with Crippen molar-refractivity contribution in [3.8, 4) is 0 Å². The van der Waals surface area contributed by atoms with Gasteiger partial charge in [-0.2, -0.15) is 0 Å². The van der Waals surface area contributed by atoms with E-state index in [1.54, 1.807) is 13.0 Å². The van der Waals surface area contributed by atoms with Gasteiger partial charge in [0.05, 0.1) is 19.4 Å². The summed E-state index contributed by atoms with van der Waals surface area (Å²) in [7, 11) is 1.22. The quantitative estimate of drug-likeness (QED) is 0.867. The molecule has 1 aromatic heterocycles. The Morgan fingerprint density at radius 1 is 1.26 bits per heavy atom. The number of rotatable bonds is 4. The fourth-order valence-electron chi connectivity index (χ4n) is 2.20. The van der Waals surface area contributed by atoms with Crippen molar-refractivity contribution >= 4 is 29.4 Å². The van der Waals surface area contributed by atoms with Gasteiger partial charge in [-0.15, -0.1) is 0 Å². The maximum Gasteiger partial charge on any atom is 0.418 e. The Kier molecular flexibility index (Phi) is 5.28. The summed E-state index contributed by atoms with van der Waals surface area (Å²) in [6.07, 6.45) is 1.16. The number of nitrogen functional groups attached to an aromatic ring is 1. The fourth-order valence-corrected chi connectivity index (χ4v) is 2.40. The van der Waals surface area contributed by atoms with E-state index in [0.717, 1.165) is 10.1 Å². The third-order valence-corrected chi connectivity index (χ3v) is 3.68. The molecule has 0 amide bonds. The Bertz CT molecular complexity index is 740. The fraction of sp³-hybridized carbons (Fsp3) is 0.250. The second kappa shape index (κ2) is 7.19. The lowest BCUT2D eigenvalue weighted by Crippen LogP contribution is -2.19. The average molecular weight is 337 g/mol. The number of esters is 1. The summed E-state index contributed by atoms with van der Waals surface area (Å²) < 4.78 is 10.7. The molecule has 0 unspecified atom stereocenters. The minimum atomic E-state index is -0.707. The molecule has 0 saturated heterocycles. The van der Waals surface area contributed by atoms with Gasteiger partial charge >= 0.3 is 12.1 Å². The highest BCUT2D eigenvalue weighted by Gasteiger charge is 2.25. The summed E-state index contributed by atoms with van der Waals surface area (Å²) >= 11 is 6.14. The van der Waals surface area contributed by atoms with E-state index in [2.05, 4.69) is 0 Å². The van der Waals surface area contributed by atoms with Gasteiger partial charge in [0.25, 0.3) is 0 Å². The Morgan fingerprint density at radius 2 is 1.96 bits per heavy atom. The molecular weight excluding hydrogens is 320 g/mol. The van der Waals surface area contributed by atoms with E-state index in [1.807, 2.05) is 18.2 Å². The zero-order valence-corrected chi connectivity index (χ0v) is 13.6. The van der Waals surface area contributed by atoms with Crippen LogP contribution in [0.2, 0.25) is 5.02 Å². The molecule has 0 spiro atoms. The van der Waals surface area contributed by atoms with Crippen LogP contribution in [-0.4, -0.2) is 30.3 Å². The van der Waals surface area contributed by atoms with E-state index < -0.39 is 12.1 Å². The Labute approximate surface area is 138 Å². The minimum absolute atomic E-state index is 0.0481. The molecule has 0 fully saturated rings. The average Bonchev–Trinajstić information content (AvgIpc) is 2.86. The first-order valence-corrected chi connectivity index (χ1v) is 7.35. The molecule has 1 heterocycles. The molecule has 0 aliphatic carbocycles. The molecule has 0 bridgehead atoms. The highest BCUT2D eigenvalue weighted by Crippen LogP contribution is 2.27. The summed E-state index contributed by atoms with van der Waals surface area (Å²) in [5, 5.41) is 0.579. The molecule has 0 radical (unpaired) electrons. The van der Waals surface area contributed by atoms with Crippen molar-refractivity contribution in [3.05, 3.63) is 52.3 Å². The van der Waals surface area contributed by atoms with Crippen molar-refractivity contribution in [1.29, 1.82) is 0 Å². The van der Waals surface area contributed by atoms with Gasteiger partial charge in [0, 0.05) is 17.6 Å². The molecule has 0 aliphatic heterocycles. The van der Waals surface area contributed by atoms with Crippen molar-refractivity contribution in [3.63, 3.8) is 0 Å². The van der Waals surface area contributed by atoms with Crippen LogP contribution in [0.1, 0.15) is 28.5 Å². The Morgan fingerprint density at radius 3 is 2.57 bits per heavy atom. The normalized spacial score (nSPS) is 10.4. The molecule has 2 N–H and O–H groups in total. The number of halogens is 1. The topological polar surface area (TPSA) is 83.5 Å². The summed E-state index contributed by atoms with van der Waals surface area (Å²) in [5.74, 6) is -0.707. The van der Waals surface area contributed by atoms with Gasteiger partial charge in [-0.3, -0.25) is 0 Å². The van der Waals surface area contributed by atoms with E-state index in [1.165, 1.54) is 13.3 Å². The first-order valence-electron chi connectivity index (χ1n) is 6.98. The summed E-state index contributed by atoms with van der Waals surface area (Å²) in [6, 6.07) is 7.28. The van der Waals surface area contributed by atoms with Crippen molar-refractivity contribution < 1.29 is 19.1 Å². The zero-order chi connectivity index (χ0) is 17.0. The number of aromatic nitrogens is 1. The number of nitrogens with two attached hydrogens (primary N) is 1. The number of ether oxygens (including phenoxy) is 2. The van der Waals surface area contributed by atoms with Crippen LogP contribution in [0, 0.1) is 0 Å². The first-order chi connectivity index (χ1) is 11.0. The van der Waals surface area contributed by atoms with E-state index in [-0.39, 0.29) is 18.0 Å². The molecule has 0 aliphatic rings. The van der Waals surface area contributed by atoms with Crippen molar-refractivity contribution in [2.75, 3.05) is 19.5 Å². The Balaban J connectivity index is 2.47. The SMILES string of the molecule is CCOC(=O)n1cc(Cc2ccccc2Cl)c(N)c1C(=O)OC. The largest absolute Gasteiger partial charge is 0.464 e. The van der Waals surface area contributed by atoms with Crippen LogP contribution in [0.4, 0.5) is 10.5 Å². The van der Waals surface area contributed by atoms with Gasteiger partial charge in [-0.05, 0) is 24.1 Å². The number of hydrogen-bond acceptors (Lipinski definition) is 5. The van der Waals surface area contributed by atoms with Gasteiger partial charge in [0.15, 0.2) is 5.69 Å². The highest BCUT2D eigenvalue weighted by molar-refractivity contribution is 6.31. The molecule has 2 aromatic rings. The number of benzene rings is 1. The lowest BCUT2D eigenvalue weighted by atomic mass is 10.1.